The molecule has 0 aliphatic carbocycles. The van der Waals surface area contributed by atoms with Crippen molar-refractivity contribution in [1.29, 1.82) is 0 Å². The van der Waals surface area contributed by atoms with E-state index in [4.69, 9.17) is 5.73 Å². The highest BCUT2D eigenvalue weighted by Crippen LogP contribution is 2.45. The first-order valence-electron chi connectivity index (χ1n) is 8.29. The Bertz CT molecular complexity index is 943. The van der Waals surface area contributed by atoms with Crippen LogP contribution in [0.3, 0.4) is 0 Å². The van der Waals surface area contributed by atoms with E-state index in [0.29, 0.717) is 27.3 Å². The molecule has 6 heteroatoms. The fraction of sp³-hybridized carbons (Fsp3) is 0.333. The predicted octanol–water partition coefficient (Wildman–Crippen LogP) is 1.74. The summed E-state index contributed by atoms with van der Waals surface area (Å²) < 4.78 is 25.8. The van der Waals surface area contributed by atoms with Gasteiger partial charge < -0.3 is 16.0 Å². The second kappa shape index (κ2) is 4.74. The minimum absolute atomic E-state index is 0.331. The van der Waals surface area contributed by atoms with Gasteiger partial charge in [0.25, 0.3) is 0 Å². The van der Waals surface area contributed by atoms with E-state index in [2.05, 4.69) is 10.2 Å². The summed E-state index contributed by atoms with van der Waals surface area (Å²) in [5.74, 6) is 1.35. The van der Waals surface area contributed by atoms with Crippen LogP contribution in [-0.4, -0.2) is 34.6 Å². The number of nitrogens with zero attached hydrogens (tertiary/aromatic N) is 1. The quantitative estimate of drug-likeness (QED) is 0.660. The Labute approximate surface area is 141 Å². The fourth-order valence-corrected chi connectivity index (χ4v) is 6.06. The molecular weight excluding hydrogens is 322 g/mol. The monoisotopic (exact) mass is 341 g/mol. The van der Waals surface area contributed by atoms with Crippen molar-refractivity contribution in [1.82, 2.24) is 5.32 Å². The number of nitrogens with two attached hydrogens (primary N) is 1. The summed E-state index contributed by atoms with van der Waals surface area (Å²) in [6.45, 7) is 4.12. The van der Waals surface area contributed by atoms with Gasteiger partial charge in [-0.05, 0) is 36.1 Å². The van der Waals surface area contributed by atoms with Gasteiger partial charge in [0.05, 0.1) is 9.79 Å². The number of fused-ring (bicyclic) bond motifs is 4. The summed E-state index contributed by atoms with van der Waals surface area (Å²) in [7, 11) is -3.48. The lowest BCUT2D eigenvalue weighted by atomic mass is 10.0. The summed E-state index contributed by atoms with van der Waals surface area (Å²) in [4.78, 5) is 3.07. The van der Waals surface area contributed by atoms with Crippen LogP contribution in [0.5, 0.6) is 0 Å². The number of hydrogen-bond acceptors (Lipinski definition) is 5. The van der Waals surface area contributed by atoms with E-state index in [-0.39, 0.29) is 0 Å². The van der Waals surface area contributed by atoms with Gasteiger partial charge in [-0.2, -0.15) is 0 Å². The number of nitrogen functional groups attached to an aromatic ring is 1. The zero-order valence-electron chi connectivity index (χ0n) is 13.2. The van der Waals surface area contributed by atoms with Gasteiger partial charge in [0.15, 0.2) is 0 Å². The molecule has 24 heavy (non-hydrogen) atoms. The first kappa shape index (κ1) is 14.3. The van der Waals surface area contributed by atoms with Crippen LogP contribution in [0.4, 0.5) is 11.4 Å². The first-order chi connectivity index (χ1) is 11.5. The topological polar surface area (TPSA) is 75.4 Å². The Morgan fingerprint density at radius 2 is 1.58 bits per heavy atom. The van der Waals surface area contributed by atoms with Crippen molar-refractivity contribution < 1.29 is 8.42 Å². The molecule has 3 aliphatic heterocycles. The van der Waals surface area contributed by atoms with Crippen molar-refractivity contribution in [3.05, 3.63) is 36.4 Å². The minimum atomic E-state index is -3.48. The summed E-state index contributed by atoms with van der Waals surface area (Å²) in [5, 5.41) is 3.43. The van der Waals surface area contributed by atoms with E-state index in [1.807, 2.05) is 18.2 Å². The number of rotatable bonds is 1. The molecule has 2 saturated heterocycles. The molecule has 3 aliphatic rings. The Morgan fingerprint density at radius 3 is 2.29 bits per heavy atom. The van der Waals surface area contributed by atoms with Crippen LogP contribution in [0.2, 0.25) is 0 Å². The largest absolute Gasteiger partial charge is 0.399 e. The van der Waals surface area contributed by atoms with Crippen LogP contribution >= 0.6 is 0 Å². The van der Waals surface area contributed by atoms with Gasteiger partial charge in [-0.1, -0.05) is 12.1 Å². The molecule has 0 spiro atoms. The third-order valence-electron chi connectivity index (χ3n) is 5.59. The molecule has 5 rings (SSSR count). The van der Waals surface area contributed by atoms with Gasteiger partial charge in [-0.25, -0.2) is 8.42 Å². The van der Waals surface area contributed by atoms with Gasteiger partial charge in [0.1, 0.15) is 0 Å². The van der Waals surface area contributed by atoms with Crippen LogP contribution in [0.1, 0.15) is 0 Å². The summed E-state index contributed by atoms with van der Waals surface area (Å²) in [5.41, 5.74) is 8.82. The van der Waals surface area contributed by atoms with E-state index in [0.717, 1.165) is 43.0 Å². The Morgan fingerprint density at radius 1 is 0.958 bits per heavy atom. The average Bonchev–Trinajstić information content (AvgIpc) is 3.20. The Balaban J connectivity index is 1.58. The van der Waals surface area contributed by atoms with Crippen molar-refractivity contribution in [2.45, 2.75) is 9.79 Å². The summed E-state index contributed by atoms with van der Waals surface area (Å²) in [6.07, 6.45) is 0. The maximum atomic E-state index is 12.9. The molecule has 0 radical (unpaired) electrons. The van der Waals surface area contributed by atoms with E-state index in [1.54, 1.807) is 18.2 Å². The van der Waals surface area contributed by atoms with Gasteiger partial charge in [0.2, 0.25) is 9.84 Å². The molecule has 124 valence electrons. The lowest BCUT2D eigenvalue weighted by Gasteiger charge is -2.20. The molecule has 5 nitrogen and oxygen atoms in total. The van der Waals surface area contributed by atoms with Crippen molar-refractivity contribution in [2.24, 2.45) is 11.8 Å². The normalized spacial score (nSPS) is 26.2. The number of nitrogens with one attached hydrogen (secondary N) is 1. The van der Waals surface area contributed by atoms with Gasteiger partial charge in [-0.15, -0.1) is 0 Å². The number of sulfone groups is 1. The maximum Gasteiger partial charge on any atom is 0.207 e. The number of anilines is 2. The lowest BCUT2D eigenvalue weighted by molar-refractivity contribution is 0.533. The second-order valence-corrected chi connectivity index (χ2v) is 8.91. The van der Waals surface area contributed by atoms with Gasteiger partial charge in [0, 0.05) is 48.7 Å². The summed E-state index contributed by atoms with van der Waals surface area (Å²) >= 11 is 0. The van der Waals surface area contributed by atoms with Crippen molar-refractivity contribution in [3.8, 4) is 11.1 Å². The smallest absolute Gasteiger partial charge is 0.207 e. The van der Waals surface area contributed by atoms with Crippen molar-refractivity contribution in [3.63, 3.8) is 0 Å². The zero-order valence-corrected chi connectivity index (χ0v) is 14.0. The highest BCUT2D eigenvalue weighted by atomic mass is 32.2. The predicted molar refractivity (Wildman–Crippen MR) is 93.8 cm³/mol. The molecule has 0 saturated carbocycles. The molecule has 0 aromatic heterocycles. The third kappa shape index (κ3) is 1.87. The molecule has 3 heterocycles. The van der Waals surface area contributed by atoms with E-state index >= 15 is 0 Å². The SMILES string of the molecule is Nc1ccc2c(c1)S(=O)(=O)c1cc(N3CC4CNCC4C3)ccc1-2. The Hall–Kier alpha value is -2.05. The molecule has 0 bridgehead atoms. The van der Waals surface area contributed by atoms with E-state index in [9.17, 15) is 8.42 Å². The number of hydrogen-bond donors (Lipinski definition) is 2. The standard InChI is InChI=1S/C18H19N3O2S/c19-13-1-3-15-16-4-2-14(6-18(16)24(22,23)17(15)5-13)21-9-11-7-20-8-12(11)10-21/h1-6,11-12,20H,7-10,19H2. The number of benzene rings is 2. The van der Waals surface area contributed by atoms with Crippen molar-refractivity contribution >= 4 is 21.2 Å². The minimum Gasteiger partial charge on any atom is -0.399 e. The van der Waals surface area contributed by atoms with E-state index in [1.165, 1.54) is 0 Å². The average molecular weight is 341 g/mol. The van der Waals surface area contributed by atoms with Crippen LogP contribution in [-0.2, 0) is 9.84 Å². The molecule has 2 unspecified atom stereocenters. The molecule has 0 amide bonds. The van der Waals surface area contributed by atoms with E-state index < -0.39 is 9.84 Å². The summed E-state index contributed by atoms with van der Waals surface area (Å²) in [6, 6.07) is 11.0. The van der Waals surface area contributed by atoms with Crippen LogP contribution in [0.15, 0.2) is 46.2 Å². The van der Waals surface area contributed by atoms with Gasteiger partial charge in [-0.3, -0.25) is 0 Å². The molecule has 2 aromatic rings. The lowest BCUT2D eigenvalue weighted by Crippen LogP contribution is -2.25. The highest BCUT2D eigenvalue weighted by Gasteiger charge is 2.38. The molecule has 3 N–H and O–H groups in total. The van der Waals surface area contributed by atoms with Crippen molar-refractivity contribution in [2.75, 3.05) is 36.8 Å². The maximum absolute atomic E-state index is 12.9. The fourth-order valence-electron chi connectivity index (χ4n) is 4.32. The van der Waals surface area contributed by atoms with Crippen LogP contribution in [0, 0.1) is 11.8 Å². The van der Waals surface area contributed by atoms with Crippen LogP contribution in [0.25, 0.3) is 11.1 Å². The second-order valence-electron chi connectivity index (χ2n) is 7.02. The molecule has 2 aromatic carbocycles. The molecule has 2 fully saturated rings. The highest BCUT2D eigenvalue weighted by molar-refractivity contribution is 7.92. The van der Waals surface area contributed by atoms with Crippen LogP contribution < -0.4 is 16.0 Å². The molecular formula is C18H19N3O2S. The van der Waals surface area contributed by atoms with Gasteiger partial charge >= 0.3 is 0 Å². The Kier molecular flexibility index (Phi) is 2.82. The zero-order chi connectivity index (χ0) is 16.5. The first-order valence-corrected chi connectivity index (χ1v) is 9.77. The molecule has 2 atom stereocenters. The third-order valence-corrected chi connectivity index (χ3v) is 7.43.